The van der Waals surface area contributed by atoms with Crippen molar-refractivity contribution in [2.45, 2.75) is 39.2 Å². The summed E-state index contributed by atoms with van der Waals surface area (Å²) >= 11 is 0. The normalized spacial score (nSPS) is 15.2. The first-order chi connectivity index (χ1) is 10.1. The van der Waals surface area contributed by atoms with Gasteiger partial charge in [0, 0.05) is 0 Å². The predicted molar refractivity (Wildman–Crippen MR) is 79.4 cm³/mol. The Morgan fingerprint density at radius 3 is 2.57 bits per heavy atom. The third kappa shape index (κ3) is 3.65. The summed E-state index contributed by atoms with van der Waals surface area (Å²) < 4.78 is 0. The highest BCUT2D eigenvalue weighted by atomic mass is 16.2. The molecule has 2 N–H and O–H groups in total. The fourth-order valence-corrected chi connectivity index (χ4v) is 2.36. The average molecular weight is 287 g/mol. The van der Waals surface area contributed by atoms with E-state index in [1.54, 1.807) is 0 Å². The Hall–Kier alpha value is -2.24. The third-order valence-corrected chi connectivity index (χ3v) is 3.76. The topological polar surface area (TPSA) is 83.6 Å². The summed E-state index contributed by atoms with van der Waals surface area (Å²) in [6.45, 7) is 6.04. The van der Waals surface area contributed by atoms with Gasteiger partial charge in [0.2, 0.25) is 5.91 Å². The highest BCUT2D eigenvalue weighted by Crippen LogP contribution is 2.27. The van der Waals surface area contributed by atoms with Crippen molar-refractivity contribution in [3.8, 4) is 0 Å². The van der Waals surface area contributed by atoms with Gasteiger partial charge in [-0.1, -0.05) is 55.8 Å². The van der Waals surface area contributed by atoms with Gasteiger partial charge in [0.15, 0.2) is 5.82 Å². The zero-order valence-corrected chi connectivity index (χ0v) is 12.6. The van der Waals surface area contributed by atoms with Crippen LogP contribution in [0, 0.1) is 5.92 Å². The quantitative estimate of drug-likeness (QED) is 0.853. The number of aromatic nitrogens is 4. The van der Waals surface area contributed by atoms with Gasteiger partial charge >= 0.3 is 0 Å². The smallest absolute Gasteiger partial charge is 0.228 e. The number of carbonyl (C=O) groups excluding carboxylic acids is 1. The first-order valence-electron chi connectivity index (χ1n) is 7.22. The number of hydrogen-bond donors (Lipinski definition) is 2. The molecule has 2 rings (SSSR count). The van der Waals surface area contributed by atoms with Crippen molar-refractivity contribution in [3.63, 3.8) is 0 Å². The predicted octanol–water partition coefficient (Wildman–Crippen LogP) is 2.21. The Morgan fingerprint density at radius 2 is 2.00 bits per heavy atom. The van der Waals surface area contributed by atoms with E-state index in [0.29, 0.717) is 5.82 Å². The second kappa shape index (κ2) is 6.97. The van der Waals surface area contributed by atoms with Crippen molar-refractivity contribution in [1.29, 1.82) is 0 Å². The fourth-order valence-electron chi connectivity index (χ4n) is 2.36. The largest absolute Gasteiger partial charge is 0.346 e. The third-order valence-electron chi connectivity index (χ3n) is 3.76. The number of hydrogen-bond acceptors (Lipinski definition) is 4. The van der Waals surface area contributed by atoms with Gasteiger partial charge in [-0.15, -0.1) is 10.2 Å². The molecule has 2 aromatic rings. The molecule has 21 heavy (non-hydrogen) atoms. The van der Waals surface area contributed by atoms with Crippen LogP contribution in [0.25, 0.3) is 0 Å². The SMILES string of the molecule is CCC(C)C(C(=O)NC(C)c1nn[nH]n1)c1ccccc1. The number of aromatic amines is 1. The van der Waals surface area contributed by atoms with E-state index in [4.69, 9.17) is 0 Å². The maximum Gasteiger partial charge on any atom is 0.228 e. The lowest BCUT2D eigenvalue weighted by atomic mass is 9.84. The molecule has 0 saturated carbocycles. The number of nitrogens with one attached hydrogen (secondary N) is 2. The highest BCUT2D eigenvalue weighted by molar-refractivity contribution is 5.84. The number of H-pyrrole nitrogens is 1. The highest BCUT2D eigenvalue weighted by Gasteiger charge is 2.27. The fraction of sp³-hybridized carbons (Fsp3) is 0.467. The standard InChI is InChI=1S/C15H21N5O/c1-4-10(2)13(12-8-6-5-7-9-12)15(21)16-11(3)14-17-19-20-18-14/h5-11,13H,4H2,1-3H3,(H,16,21)(H,17,18,19,20). The van der Waals surface area contributed by atoms with E-state index in [-0.39, 0.29) is 23.8 Å². The molecule has 3 unspecified atom stereocenters. The van der Waals surface area contributed by atoms with Crippen LogP contribution in [0.2, 0.25) is 0 Å². The molecule has 0 fully saturated rings. The lowest BCUT2D eigenvalue weighted by Gasteiger charge is -2.24. The van der Waals surface area contributed by atoms with Crippen molar-refractivity contribution in [3.05, 3.63) is 41.7 Å². The van der Waals surface area contributed by atoms with Crippen LogP contribution >= 0.6 is 0 Å². The molecule has 1 aromatic carbocycles. The van der Waals surface area contributed by atoms with Gasteiger partial charge in [0.1, 0.15) is 0 Å². The van der Waals surface area contributed by atoms with Crippen molar-refractivity contribution in [2.24, 2.45) is 5.92 Å². The zero-order chi connectivity index (χ0) is 15.2. The summed E-state index contributed by atoms with van der Waals surface area (Å²) in [5.74, 6) is 0.558. The van der Waals surface area contributed by atoms with Gasteiger partial charge in [-0.05, 0) is 18.4 Å². The number of rotatable bonds is 6. The Bertz CT molecular complexity index is 555. The summed E-state index contributed by atoms with van der Waals surface area (Å²) in [4.78, 5) is 12.7. The molecule has 0 aliphatic heterocycles. The van der Waals surface area contributed by atoms with Crippen LogP contribution in [0.3, 0.4) is 0 Å². The van der Waals surface area contributed by atoms with E-state index < -0.39 is 0 Å². The molecule has 0 spiro atoms. The number of benzene rings is 1. The van der Waals surface area contributed by atoms with Crippen LogP contribution in [-0.2, 0) is 4.79 Å². The van der Waals surface area contributed by atoms with E-state index in [2.05, 4.69) is 39.8 Å². The Balaban J connectivity index is 2.15. The molecule has 0 saturated heterocycles. The first kappa shape index (κ1) is 15.2. The van der Waals surface area contributed by atoms with Crippen LogP contribution < -0.4 is 5.32 Å². The summed E-state index contributed by atoms with van der Waals surface area (Å²) in [6.07, 6.45) is 0.934. The maximum absolute atomic E-state index is 12.7. The second-order valence-corrected chi connectivity index (χ2v) is 5.27. The monoisotopic (exact) mass is 287 g/mol. The molecule has 0 radical (unpaired) electrons. The summed E-state index contributed by atoms with van der Waals surface area (Å²) in [7, 11) is 0. The molecule has 0 bridgehead atoms. The molecule has 3 atom stereocenters. The van der Waals surface area contributed by atoms with Gasteiger partial charge in [0.25, 0.3) is 0 Å². The van der Waals surface area contributed by atoms with Gasteiger partial charge < -0.3 is 5.32 Å². The molecule has 6 nitrogen and oxygen atoms in total. The van der Waals surface area contributed by atoms with Crippen LogP contribution in [0.1, 0.15) is 50.5 Å². The number of nitrogens with zero attached hydrogens (tertiary/aromatic N) is 3. The molecule has 1 amide bonds. The number of carbonyl (C=O) groups is 1. The first-order valence-corrected chi connectivity index (χ1v) is 7.22. The zero-order valence-electron chi connectivity index (χ0n) is 12.6. The molecular formula is C15H21N5O. The van der Waals surface area contributed by atoms with Gasteiger partial charge in [0.05, 0.1) is 12.0 Å². The summed E-state index contributed by atoms with van der Waals surface area (Å²) in [5, 5.41) is 16.7. The van der Waals surface area contributed by atoms with Crippen molar-refractivity contribution >= 4 is 5.91 Å². The van der Waals surface area contributed by atoms with E-state index in [9.17, 15) is 4.79 Å². The Morgan fingerprint density at radius 1 is 1.29 bits per heavy atom. The van der Waals surface area contributed by atoms with E-state index in [1.807, 2.05) is 37.3 Å². The van der Waals surface area contributed by atoms with Crippen molar-refractivity contribution in [1.82, 2.24) is 25.9 Å². The Labute approximate surface area is 124 Å². The Kier molecular flexibility index (Phi) is 5.03. The minimum Gasteiger partial charge on any atom is -0.346 e. The van der Waals surface area contributed by atoms with Gasteiger partial charge in [-0.2, -0.15) is 5.21 Å². The van der Waals surface area contributed by atoms with E-state index in [1.165, 1.54) is 0 Å². The number of tetrazole rings is 1. The molecule has 1 aromatic heterocycles. The molecular weight excluding hydrogens is 266 g/mol. The van der Waals surface area contributed by atoms with Crippen LogP contribution in [0.5, 0.6) is 0 Å². The lowest BCUT2D eigenvalue weighted by molar-refractivity contribution is -0.124. The van der Waals surface area contributed by atoms with Crippen LogP contribution in [0.15, 0.2) is 30.3 Å². The minimum atomic E-state index is -0.272. The van der Waals surface area contributed by atoms with Crippen molar-refractivity contribution < 1.29 is 4.79 Å². The number of amides is 1. The molecule has 112 valence electrons. The maximum atomic E-state index is 12.7. The molecule has 6 heteroatoms. The van der Waals surface area contributed by atoms with Crippen molar-refractivity contribution in [2.75, 3.05) is 0 Å². The lowest BCUT2D eigenvalue weighted by Crippen LogP contribution is -2.34. The minimum absolute atomic E-state index is 0.00662. The van der Waals surface area contributed by atoms with Gasteiger partial charge in [-0.3, -0.25) is 4.79 Å². The summed E-state index contributed by atoms with van der Waals surface area (Å²) in [6, 6.07) is 9.59. The van der Waals surface area contributed by atoms with Crippen LogP contribution in [-0.4, -0.2) is 26.5 Å². The molecule has 0 aliphatic rings. The second-order valence-electron chi connectivity index (χ2n) is 5.27. The van der Waals surface area contributed by atoms with E-state index in [0.717, 1.165) is 12.0 Å². The average Bonchev–Trinajstić information content (AvgIpc) is 3.02. The summed E-state index contributed by atoms with van der Waals surface area (Å²) in [5.41, 5.74) is 1.03. The van der Waals surface area contributed by atoms with Gasteiger partial charge in [-0.25, -0.2) is 0 Å². The molecule has 1 heterocycles. The van der Waals surface area contributed by atoms with Crippen LogP contribution in [0.4, 0.5) is 0 Å². The molecule has 0 aliphatic carbocycles. The van der Waals surface area contributed by atoms with E-state index >= 15 is 0 Å².